The Balaban J connectivity index is 1.75. The zero-order chi connectivity index (χ0) is 15.4. The van der Waals surface area contributed by atoms with Crippen molar-refractivity contribution in [1.29, 1.82) is 0 Å². The monoisotopic (exact) mass is 295 g/mol. The number of rotatable bonds is 5. The number of carbonyl (C=O) groups excluding carboxylic acids is 1. The Kier molecular flexibility index (Phi) is 4.47. The van der Waals surface area contributed by atoms with Crippen molar-refractivity contribution < 1.29 is 4.79 Å². The molecule has 1 saturated carbocycles. The summed E-state index contributed by atoms with van der Waals surface area (Å²) >= 11 is 0. The summed E-state index contributed by atoms with van der Waals surface area (Å²) in [5, 5.41) is 6.96. The average Bonchev–Trinajstić information content (AvgIpc) is 3.05. The first-order valence-electron chi connectivity index (χ1n) is 7.92. The van der Waals surface area contributed by atoms with Crippen LogP contribution in [0.5, 0.6) is 0 Å². The summed E-state index contributed by atoms with van der Waals surface area (Å²) in [7, 11) is 0. The third kappa shape index (κ3) is 3.16. The van der Waals surface area contributed by atoms with Crippen molar-refractivity contribution >= 4 is 5.78 Å². The minimum absolute atomic E-state index is 0.00568. The minimum atomic E-state index is 0.00568. The van der Waals surface area contributed by atoms with E-state index in [1.54, 1.807) is 18.6 Å². The lowest BCUT2D eigenvalue weighted by molar-refractivity contribution is 0.102. The van der Waals surface area contributed by atoms with Gasteiger partial charge >= 0.3 is 0 Å². The zero-order valence-electron chi connectivity index (χ0n) is 12.7. The molecule has 0 aromatic carbocycles. The van der Waals surface area contributed by atoms with Gasteiger partial charge in [0.15, 0.2) is 5.78 Å². The highest BCUT2D eigenvalue weighted by molar-refractivity contribution is 6.11. The van der Waals surface area contributed by atoms with E-state index >= 15 is 0 Å². The third-order valence-electron chi connectivity index (χ3n) is 4.43. The molecular formula is C18H21N3O. The number of Topliss-reactive ketones (excluding diaryl/α,β-unsaturated/α-hetero) is 1. The predicted octanol–water partition coefficient (Wildman–Crippen LogP) is 4.18. The second-order valence-corrected chi connectivity index (χ2v) is 6.04. The lowest BCUT2D eigenvalue weighted by Gasteiger charge is -2.21. The molecule has 1 aliphatic carbocycles. The summed E-state index contributed by atoms with van der Waals surface area (Å²) in [5.74, 6) is 0.618. The maximum Gasteiger partial charge on any atom is 0.192 e. The van der Waals surface area contributed by atoms with Gasteiger partial charge in [-0.3, -0.25) is 14.9 Å². The fourth-order valence-electron chi connectivity index (χ4n) is 3.22. The summed E-state index contributed by atoms with van der Waals surface area (Å²) in [4.78, 5) is 16.7. The van der Waals surface area contributed by atoms with Gasteiger partial charge in [0.1, 0.15) is 0 Å². The van der Waals surface area contributed by atoms with Crippen molar-refractivity contribution in [3.05, 3.63) is 48.4 Å². The van der Waals surface area contributed by atoms with Crippen LogP contribution in [0.2, 0.25) is 0 Å². The smallest absolute Gasteiger partial charge is 0.192 e. The molecule has 0 amide bonds. The number of allylic oxidation sites excluding steroid dienone is 1. The molecule has 22 heavy (non-hydrogen) atoms. The maximum atomic E-state index is 12.7. The summed E-state index contributed by atoms with van der Waals surface area (Å²) in [5.41, 5.74) is 2.97. The van der Waals surface area contributed by atoms with Crippen LogP contribution in [0.15, 0.2) is 42.9 Å². The molecule has 4 nitrogen and oxygen atoms in total. The van der Waals surface area contributed by atoms with Crippen molar-refractivity contribution in [2.45, 2.75) is 38.5 Å². The van der Waals surface area contributed by atoms with Crippen molar-refractivity contribution in [2.75, 3.05) is 0 Å². The molecular weight excluding hydrogens is 274 g/mol. The number of aromatic amines is 1. The minimum Gasteiger partial charge on any atom is -0.289 e. The quantitative estimate of drug-likeness (QED) is 0.665. The lowest BCUT2D eigenvalue weighted by Crippen LogP contribution is -2.11. The van der Waals surface area contributed by atoms with E-state index in [4.69, 9.17) is 0 Å². The summed E-state index contributed by atoms with van der Waals surface area (Å²) < 4.78 is 0. The van der Waals surface area contributed by atoms with Gasteiger partial charge in [0.25, 0.3) is 0 Å². The van der Waals surface area contributed by atoms with Gasteiger partial charge in [-0.25, -0.2) is 0 Å². The average molecular weight is 295 g/mol. The van der Waals surface area contributed by atoms with Crippen molar-refractivity contribution in [3.63, 3.8) is 0 Å². The Morgan fingerprint density at radius 3 is 2.68 bits per heavy atom. The first kappa shape index (κ1) is 14.7. The van der Waals surface area contributed by atoms with E-state index in [1.165, 1.54) is 32.1 Å². The number of aromatic nitrogens is 3. The highest BCUT2D eigenvalue weighted by Crippen LogP contribution is 2.30. The molecule has 0 atom stereocenters. The van der Waals surface area contributed by atoms with E-state index in [9.17, 15) is 4.79 Å². The van der Waals surface area contributed by atoms with Crippen molar-refractivity contribution in [3.8, 4) is 11.3 Å². The fourth-order valence-corrected chi connectivity index (χ4v) is 3.22. The van der Waals surface area contributed by atoms with Crippen LogP contribution < -0.4 is 0 Å². The first-order chi connectivity index (χ1) is 10.8. The van der Waals surface area contributed by atoms with Gasteiger partial charge in [0, 0.05) is 18.0 Å². The molecule has 0 spiro atoms. The molecule has 2 aromatic heterocycles. The summed E-state index contributed by atoms with van der Waals surface area (Å²) in [6, 6.07) is 3.74. The van der Waals surface area contributed by atoms with E-state index < -0.39 is 0 Å². The van der Waals surface area contributed by atoms with E-state index in [2.05, 4.69) is 21.8 Å². The Bertz CT molecular complexity index is 654. The lowest BCUT2D eigenvalue weighted by atomic mass is 9.83. The molecule has 0 unspecified atom stereocenters. The van der Waals surface area contributed by atoms with Gasteiger partial charge < -0.3 is 0 Å². The summed E-state index contributed by atoms with van der Waals surface area (Å²) in [6.45, 7) is 4.04. The van der Waals surface area contributed by atoms with Crippen molar-refractivity contribution in [2.24, 2.45) is 5.92 Å². The van der Waals surface area contributed by atoms with E-state index in [1.807, 2.05) is 12.1 Å². The summed E-state index contributed by atoms with van der Waals surface area (Å²) in [6.07, 6.45) is 12.1. The molecule has 0 radical (unpaired) electrons. The van der Waals surface area contributed by atoms with Crippen molar-refractivity contribution in [1.82, 2.24) is 15.2 Å². The number of hydrogen-bond acceptors (Lipinski definition) is 3. The van der Waals surface area contributed by atoms with Crippen LogP contribution in [0.25, 0.3) is 11.3 Å². The highest BCUT2D eigenvalue weighted by Gasteiger charge is 2.21. The first-order valence-corrected chi connectivity index (χ1v) is 7.92. The SMILES string of the molecule is C=C(CC1CCCCC1)C(=O)c1cn[nH]c1-c1ccncc1. The molecule has 114 valence electrons. The van der Waals surface area contributed by atoms with Crippen LogP contribution in [-0.2, 0) is 0 Å². The number of hydrogen-bond donors (Lipinski definition) is 1. The van der Waals surface area contributed by atoms with Crippen LogP contribution in [-0.4, -0.2) is 21.0 Å². The molecule has 0 aliphatic heterocycles. The van der Waals surface area contributed by atoms with Crippen LogP contribution in [0, 0.1) is 5.92 Å². The standard InChI is InChI=1S/C18H21N3O/c1-13(11-14-5-3-2-4-6-14)18(22)16-12-20-21-17(16)15-7-9-19-10-8-15/h7-10,12,14H,1-6,11H2,(H,20,21). The molecule has 0 saturated heterocycles. The maximum absolute atomic E-state index is 12.7. The highest BCUT2D eigenvalue weighted by atomic mass is 16.1. The van der Waals surface area contributed by atoms with Gasteiger partial charge in [-0.1, -0.05) is 38.7 Å². The van der Waals surface area contributed by atoms with Gasteiger partial charge in [0.2, 0.25) is 0 Å². The Hall–Kier alpha value is -2.23. The number of pyridine rings is 1. The Morgan fingerprint density at radius 1 is 1.23 bits per heavy atom. The van der Waals surface area contributed by atoms with E-state index in [0.717, 1.165) is 17.7 Å². The fraction of sp³-hybridized carbons (Fsp3) is 0.389. The molecule has 0 bridgehead atoms. The second-order valence-electron chi connectivity index (χ2n) is 6.04. The molecule has 2 heterocycles. The topological polar surface area (TPSA) is 58.6 Å². The van der Waals surface area contributed by atoms with Crippen LogP contribution >= 0.6 is 0 Å². The number of nitrogens with zero attached hydrogens (tertiary/aromatic N) is 2. The number of nitrogens with one attached hydrogen (secondary N) is 1. The van der Waals surface area contributed by atoms with Gasteiger partial charge in [-0.2, -0.15) is 5.10 Å². The molecule has 1 aliphatic rings. The van der Waals surface area contributed by atoms with Crippen LogP contribution in [0.1, 0.15) is 48.9 Å². The second kappa shape index (κ2) is 6.69. The van der Waals surface area contributed by atoms with Crippen LogP contribution in [0.3, 0.4) is 0 Å². The number of H-pyrrole nitrogens is 1. The normalized spacial score (nSPS) is 15.6. The number of carbonyl (C=O) groups is 1. The van der Waals surface area contributed by atoms with Crippen LogP contribution in [0.4, 0.5) is 0 Å². The predicted molar refractivity (Wildman–Crippen MR) is 86.5 cm³/mol. The Morgan fingerprint density at radius 2 is 1.95 bits per heavy atom. The number of ketones is 1. The molecule has 1 N–H and O–H groups in total. The van der Waals surface area contributed by atoms with E-state index in [-0.39, 0.29) is 5.78 Å². The van der Waals surface area contributed by atoms with Gasteiger partial charge in [-0.15, -0.1) is 0 Å². The third-order valence-corrected chi connectivity index (χ3v) is 4.43. The van der Waals surface area contributed by atoms with Gasteiger partial charge in [-0.05, 0) is 30.0 Å². The van der Waals surface area contributed by atoms with E-state index in [0.29, 0.717) is 17.1 Å². The zero-order valence-corrected chi connectivity index (χ0v) is 12.7. The largest absolute Gasteiger partial charge is 0.289 e. The van der Waals surface area contributed by atoms with Gasteiger partial charge in [0.05, 0.1) is 17.5 Å². The molecule has 2 aromatic rings. The Labute approximate surface area is 130 Å². The molecule has 1 fully saturated rings. The molecule has 4 heteroatoms. The molecule has 3 rings (SSSR count).